The molecule has 0 fully saturated rings. The molecule has 0 spiro atoms. The van der Waals surface area contributed by atoms with Gasteiger partial charge in [0.15, 0.2) is 0 Å². The Morgan fingerprint density at radius 3 is 1.52 bits per heavy atom. The third kappa shape index (κ3) is 3.88. The standard InChI is InChI=1S/C17H8Cl4N2O2/c18-12-3-1-9(5-14(12)20)16-7-11(23(24)25)8-17(22-16)10-2-4-13(19)15(21)6-10/h1-8H. The third-order valence-electron chi connectivity index (χ3n) is 3.45. The average molecular weight is 414 g/mol. The van der Waals surface area contributed by atoms with E-state index >= 15 is 0 Å². The lowest BCUT2D eigenvalue weighted by Crippen LogP contribution is -1.94. The molecule has 126 valence electrons. The van der Waals surface area contributed by atoms with E-state index in [-0.39, 0.29) is 5.69 Å². The van der Waals surface area contributed by atoms with Crippen molar-refractivity contribution in [3.05, 3.63) is 78.7 Å². The monoisotopic (exact) mass is 412 g/mol. The normalized spacial score (nSPS) is 10.7. The molecule has 3 rings (SSSR count). The van der Waals surface area contributed by atoms with Crippen LogP contribution < -0.4 is 0 Å². The van der Waals surface area contributed by atoms with Crippen molar-refractivity contribution in [1.82, 2.24) is 4.98 Å². The van der Waals surface area contributed by atoms with Crippen LogP contribution in [0.2, 0.25) is 20.1 Å². The fourth-order valence-corrected chi connectivity index (χ4v) is 2.82. The minimum Gasteiger partial charge on any atom is -0.258 e. The Morgan fingerprint density at radius 2 is 1.16 bits per heavy atom. The van der Waals surface area contributed by atoms with Crippen LogP contribution in [0, 0.1) is 10.1 Å². The lowest BCUT2D eigenvalue weighted by Gasteiger charge is -2.08. The molecule has 0 aliphatic carbocycles. The molecule has 8 heteroatoms. The number of rotatable bonds is 3. The molecule has 0 saturated heterocycles. The molecular weight excluding hydrogens is 406 g/mol. The molecule has 0 unspecified atom stereocenters. The van der Waals surface area contributed by atoms with E-state index in [0.29, 0.717) is 42.6 Å². The number of benzene rings is 2. The van der Waals surface area contributed by atoms with Crippen molar-refractivity contribution in [1.29, 1.82) is 0 Å². The molecular formula is C17H8Cl4N2O2. The summed E-state index contributed by atoms with van der Waals surface area (Å²) in [7, 11) is 0. The molecule has 1 heterocycles. The number of nitrogens with zero attached hydrogens (tertiary/aromatic N) is 2. The highest BCUT2D eigenvalue weighted by atomic mass is 35.5. The van der Waals surface area contributed by atoms with Gasteiger partial charge in [0.2, 0.25) is 0 Å². The van der Waals surface area contributed by atoms with Gasteiger partial charge in [0, 0.05) is 23.3 Å². The van der Waals surface area contributed by atoms with E-state index in [4.69, 9.17) is 46.4 Å². The molecule has 0 atom stereocenters. The summed E-state index contributed by atoms with van der Waals surface area (Å²) in [5.41, 5.74) is 1.92. The van der Waals surface area contributed by atoms with Gasteiger partial charge in [-0.25, -0.2) is 4.98 Å². The van der Waals surface area contributed by atoms with E-state index in [1.807, 2.05) is 0 Å². The van der Waals surface area contributed by atoms with Crippen molar-refractivity contribution in [2.75, 3.05) is 0 Å². The van der Waals surface area contributed by atoms with Crippen LogP contribution in [0.1, 0.15) is 0 Å². The Labute approximate surface area is 163 Å². The molecule has 0 N–H and O–H groups in total. The molecule has 0 aliphatic heterocycles. The van der Waals surface area contributed by atoms with Crippen LogP contribution in [0.3, 0.4) is 0 Å². The summed E-state index contributed by atoms with van der Waals surface area (Å²) in [4.78, 5) is 15.3. The number of nitro groups is 1. The van der Waals surface area contributed by atoms with Crippen LogP contribution in [0.4, 0.5) is 5.69 Å². The second-order valence-corrected chi connectivity index (χ2v) is 6.74. The quantitative estimate of drug-likeness (QED) is 0.345. The van der Waals surface area contributed by atoms with Crippen LogP contribution in [0.25, 0.3) is 22.5 Å². The minimum absolute atomic E-state index is 0.0999. The van der Waals surface area contributed by atoms with Gasteiger partial charge in [-0.05, 0) is 24.3 Å². The summed E-state index contributed by atoms with van der Waals surface area (Å²) in [6.07, 6.45) is 0. The molecule has 0 amide bonds. The van der Waals surface area contributed by atoms with Gasteiger partial charge in [-0.1, -0.05) is 58.5 Å². The zero-order valence-electron chi connectivity index (χ0n) is 12.3. The highest BCUT2D eigenvalue weighted by Gasteiger charge is 2.15. The maximum Gasteiger partial charge on any atom is 0.273 e. The summed E-state index contributed by atoms with van der Waals surface area (Å²) in [6.45, 7) is 0. The largest absolute Gasteiger partial charge is 0.273 e. The van der Waals surface area contributed by atoms with Gasteiger partial charge < -0.3 is 0 Å². The van der Waals surface area contributed by atoms with Crippen LogP contribution in [0.5, 0.6) is 0 Å². The first-order valence-corrected chi connectivity index (χ1v) is 8.43. The van der Waals surface area contributed by atoms with E-state index < -0.39 is 4.92 Å². The van der Waals surface area contributed by atoms with Crippen LogP contribution in [-0.2, 0) is 0 Å². The van der Waals surface area contributed by atoms with E-state index in [1.54, 1.807) is 36.4 Å². The summed E-state index contributed by atoms with van der Waals surface area (Å²) >= 11 is 23.9. The third-order valence-corrected chi connectivity index (χ3v) is 4.93. The summed E-state index contributed by atoms with van der Waals surface area (Å²) in [6, 6.07) is 12.6. The average Bonchev–Trinajstić information content (AvgIpc) is 2.59. The fraction of sp³-hybridized carbons (Fsp3) is 0. The fourth-order valence-electron chi connectivity index (χ4n) is 2.23. The topological polar surface area (TPSA) is 56.0 Å². The summed E-state index contributed by atoms with van der Waals surface area (Å²) < 4.78 is 0. The molecule has 0 bridgehead atoms. The predicted octanol–water partition coefficient (Wildman–Crippen LogP) is 6.94. The maximum atomic E-state index is 11.3. The van der Waals surface area contributed by atoms with Gasteiger partial charge in [-0.15, -0.1) is 0 Å². The second-order valence-electron chi connectivity index (χ2n) is 5.11. The number of hydrogen-bond acceptors (Lipinski definition) is 3. The predicted molar refractivity (Wildman–Crippen MR) is 102 cm³/mol. The minimum atomic E-state index is -0.482. The number of aromatic nitrogens is 1. The van der Waals surface area contributed by atoms with Gasteiger partial charge in [0.1, 0.15) is 0 Å². The molecule has 0 saturated carbocycles. The first-order valence-electron chi connectivity index (χ1n) is 6.92. The lowest BCUT2D eigenvalue weighted by molar-refractivity contribution is -0.384. The summed E-state index contributed by atoms with van der Waals surface area (Å²) in [5.74, 6) is 0. The first kappa shape index (κ1) is 18.0. The van der Waals surface area contributed by atoms with Gasteiger partial charge in [0.05, 0.1) is 36.4 Å². The Hall–Kier alpha value is -1.85. The van der Waals surface area contributed by atoms with Crippen LogP contribution in [0.15, 0.2) is 48.5 Å². The number of pyridine rings is 1. The van der Waals surface area contributed by atoms with Gasteiger partial charge >= 0.3 is 0 Å². The van der Waals surface area contributed by atoms with Gasteiger partial charge in [-0.3, -0.25) is 10.1 Å². The molecule has 4 nitrogen and oxygen atoms in total. The molecule has 2 aromatic carbocycles. The number of halogens is 4. The van der Waals surface area contributed by atoms with Crippen molar-refractivity contribution < 1.29 is 4.92 Å². The van der Waals surface area contributed by atoms with Gasteiger partial charge in [0.25, 0.3) is 5.69 Å². The lowest BCUT2D eigenvalue weighted by atomic mass is 10.1. The van der Waals surface area contributed by atoms with Crippen molar-refractivity contribution in [2.45, 2.75) is 0 Å². The number of hydrogen-bond donors (Lipinski definition) is 0. The van der Waals surface area contributed by atoms with Crippen molar-refractivity contribution in [3.63, 3.8) is 0 Å². The second kappa shape index (κ2) is 7.18. The zero-order valence-corrected chi connectivity index (χ0v) is 15.4. The zero-order chi connectivity index (χ0) is 18.1. The molecule has 25 heavy (non-hydrogen) atoms. The molecule has 0 radical (unpaired) electrons. The maximum absolute atomic E-state index is 11.3. The van der Waals surface area contributed by atoms with Crippen molar-refractivity contribution in [2.24, 2.45) is 0 Å². The first-order chi connectivity index (χ1) is 11.8. The van der Waals surface area contributed by atoms with E-state index in [0.717, 1.165) is 0 Å². The van der Waals surface area contributed by atoms with E-state index in [2.05, 4.69) is 4.98 Å². The Morgan fingerprint density at radius 1 is 0.720 bits per heavy atom. The Kier molecular flexibility index (Phi) is 5.16. The van der Waals surface area contributed by atoms with Crippen molar-refractivity contribution >= 4 is 52.1 Å². The SMILES string of the molecule is O=[N+]([O-])c1cc(-c2ccc(Cl)c(Cl)c2)nc(-c2ccc(Cl)c(Cl)c2)c1. The molecule has 1 aromatic heterocycles. The summed E-state index contributed by atoms with van der Waals surface area (Å²) in [5, 5.41) is 12.7. The van der Waals surface area contributed by atoms with Crippen LogP contribution >= 0.6 is 46.4 Å². The van der Waals surface area contributed by atoms with Crippen LogP contribution in [-0.4, -0.2) is 9.91 Å². The van der Waals surface area contributed by atoms with E-state index in [1.165, 1.54) is 12.1 Å². The highest BCUT2D eigenvalue weighted by Crippen LogP contribution is 2.33. The highest BCUT2D eigenvalue weighted by molar-refractivity contribution is 6.42. The Bertz CT molecular complexity index is 923. The smallest absolute Gasteiger partial charge is 0.258 e. The molecule has 3 aromatic rings. The molecule has 0 aliphatic rings. The Balaban J connectivity index is 2.19. The van der Waals surface area contributed by atoms with Gasteiger partial charge in [-0.2, -0.15) is 0 Å². The van der Waals surface area contributed by atoms with E-state index in [9.17, 15) is 10.1 Å². The van der Waals surface area contributed by atoms with Crippen molar-refractivity contribution in [3.8, 4) is 22.5 Å².